The number of hydrogen-bond donors (Lipinski definition) is 1. The maximum Gasteiger partial charge on any atom is 0.222 e. The molecule has 0 radical (unpaired) electrons. The lowest BCUT2D eigenvalue weighted by Gasteiger charge is -2.05. The van der Waals surface area contributed by atoms with E-state index in [1.54, 1.807) is 17.5 Å². The topological polar surface area (TPSA) is 69.0 Å². The number of nitrogens with one attached hydrogen (secondary N) is 1. The van der Waals surface area contributed by atoms with Gasteiger partial charge in [-0.05, 0) is 19.4 Å². The molecule has 1 amide bonds. The van der Waals surface area contributed by atoms with Crippen LogP contribution in [0.3, 0.4) is 0 Å². The molecule has 124 valence electrons. The Morgan fingerprint density at radius 1 is 1.50 bits per heavy atom. The predicted molar refractivity (Wildman–Crippen MR) is 94.0 cm³/mol. The number of anilines is 1. The van der Waals surface area contributed by atoms with Gasteiger partial charge in [0.1, 0.15) is 5.82 Å². The number of rotatable bonds is 3. The number of fused-ring (bicyclic) bond motifs is 1. The van der Waals surface area contributed by atoms with Crippen LogP contribution < -0.4 is 5.32 Å². The van der Waals surface area contributed by atoms with Gasteiger partial charge in [0.15, 0.2) is 5.13 Å². The number of aromatic nitrogens is 3. The Kier molecular flexibility index (Phi) is 3.82. The first-order valence-electron chi connectivity index (χ1n) is 7.92. The van der Waals surface area contributed by atoms with Gasteiger partial charge in [-0.3, -0.25) is 9.36 Å². The number of carbonyl (C=O) groups excluding carboxylic acids is 1. The molecule has 1 fully saturated rings. The van der Waals surface area contributed by atoms with Crippen molar-refractivity contribution in [3.05, 3.63) is 35.1 Å². The summed E-state index contributed by atoms with van der Waals surface area (Å²) in [4.78, 5) is 21.6. The van der Waals surface area contributed by atoms with Crippen molar-refractivity contribution < 1.29 is 9.53 Å². The summed E-state index contributed by atoms with van der Waals surface area (Å²) in [6.45, 7) is 5.16. The Hall–Kier alpha value is -2.25. The molecular weight excluding hydrogens is 324 g/mol. The minimum absolute atomic E-state index is 0.131. The molecule has 0 aliphatic carbocycles. The predicted octanol–water partition coefficient (Wildman–Crippen LogP) is 3.25. The quantitative estimate of drug-likeness (QED) is 0.793. The highest BCUT2D eigenvalue weighted by Gasteiger charge is 2.23. The number of amides is 1. The highest BCUT2D eigenvalue weighted by Crippen LogP contribution is 2.33. The van der Waals surface area contributed by atoms with Crippen molar-refractivity contribution in [3.63, 3.8) is 0 Å². The fraction of sp³-hybridized carbons (Fsp3) is 0.353. The smallest absolute Gasteiger partial charge is 0.222 e. The molecule has 3 aromatic heterocycles. The third-order valence-corrected chi connectivity index (χ3v) is 5.21. The van der Waals surface area contributed by atoms with E-state index in [1.807, 2.05) is 18.3 Å². The zero-order chi connectivity index (χ0) is 16.7. The number of hydrogen-bond acceptors (Lipinski definition) is 5. The van der Waals surface area contributed by atoms with Gasteiger partial charge in [0.25, 0.3) is 0 Å². The summed E-state index contributed by atoms with van der Waals surface area (Å²) in [7, 11) is 0. The number of pyridine rings is 1. The lowest BCUT2D eigenvalue weighted by Crippen LogP contribution is -2.07. The van der Waals surface area contributed by atoms with Crippen LogP contribution in [0.5, 0.6) is 0 Å². The normalized spacial score (nSPS) is 17.5. The molecule has 3 aromatic rings. The first kappa shape index (κ1) is 15.3. The van der Waals surface area contributed by atoms with Crippen LogP contribution in [-0.2, 0) is 9.53 Å². The van der Waals surface area contributed by atoms with Gasteiger partial charge >= 0.3 is 0 Å². The van der Waals surface area contributed by atoms with Gasteiger partial charge in [-0.2, -0.15) is 0 Å². The molecule has 6 nitrogen and oxygen atoms in total. The molecule has 0 aromatic carbocycles. The van der Waals surface area contributed by atoms with E-state index in [-0.39, 0.29) is 5.91 Å². The Labute approximate surface area is 143 Å². The van der Waals surface area contributed by atoms with Crippen molar-refractivity contribution in [1.82, 2.24) is 14.5 Å². The van der Waals surface area contributed by atoms with Gasteiger partial charge in [0, 0.05) is 48.2 Å². The van der Waals surface area contributed by atoms with Crippen molar-refractivity contribution in [2.45, 2.75) is 26.2 Å². The molecular formula is C17H18N4O2S. The largest absolute Gasteiger partial charge is 0.381 e. The Bertz CT molecular complexity index is 909. The summed E-state index contributed by atoms with van der Waals surface area (Å²) < 4.78 is 7.55. The Morgan fingerprint density at radius 2 is 2.38 bits per heavy atom. The molecule has 7 heteroatoms. The summed E-state index contributed by atoms with van der Waals surface area (Å²) in [5.41, 5.74) is 2.13. The second-order valence-corrected chi connectivity index (χ2v) is 7.18. The molecule has 1 saturated heterocycles. The van der Waals surface area contributed by atoms with Crippen molar-refractivity contribution in [2.24, 2.45) is 0 Å². The number of nitrogens with zero attached hydrogens (tertiary/aromatic N) is 3. The highest BCUT2D eigenvalue weighted by molar-refractivity contribution is 7.14. The van der Waals surface area contributed by atoms with E-state index >= 15 is 0 Å². The molecule has 4 rings (SSSR count). The third-order valence-electron chi connectivity index (χ3n) is 4.22. The van der Waals surface area contributed by atoms with Gasteiger partial charge in [0.2, 0.25) is 5.91 Å². The lowest BCUT2D eigenvalue weighted by molar-refractivity contribution is -0.114. The standard InChI is InChI=1S/C17H18N4O2S/c1-10-16(13-4-6-23-9-13)20-17(24-10)21-5-3-12-8-18-15(7-14(12)21)19-11(2)22/h3,5,7-8,13H,4,6,9H2,1-2H3,(H,18,19,22). The van der Waals surface area contributed by atoms with Crippen LogP contribution >= 0.6 is 11.3 Å². The Balaban J connectivity index is 1.75. The zero-order valence-corrected chi connectivity index (χ0v) is 14.4. The van der Waals surface area contributed by atoms with Crippen LogP contribution in [-0.4, -0.2) is 33.7 Å². The summed E-state index contributed by atoms with van der Waals surface area (Å²) in [6, 6.07) is 3.89. The van der Waals surface area contributed by atoms with Gasteiger partial charge in [-0.25, -0.2) is 9.97 Å². The van der Waals surface area contributed by atoms with Gasteiger partial charge in [0.05, 0.1) is 17.8 Å². The molecule has 1 atom stereocenters. The SMILES string of the molecule is CC(=O)Nc1cc2c(ccn2-c2nc(C3CCOC3)c(C)s2)cn1. The number of thiazole rings is 1. The number of aryl methyl sites for hydroxylation is 1. The average Bonchev–Trinajstić information content (AvgIpc) is 3.24. The first-order valence-corrected chi connectivity index (χ1v) is 8.73. The van der Waals surface area contributed by atoms with Crippen LogP contribution in [0.4, 0.5) is 5.82 Å². The van der Waals surface area contributed by atoms with Crippen LogP contribution in [0.1, 0.15) is 29.8 Å². The molecule has 24 heavy (non-hydrogen) atoms. The monoisotopic (exact) mass is 342 g/mol. The first-order chi connectivity index (χ1) is 11.6. The summed E-state index contributed by atoms with van der Waals surface area (Å²) in [6.07, 6.45) is 4.80. The molecule has 0 bridgehead atoms. The van der Waals surface area contributed by atoms with E-state index in [1.165, 1.54) is 11.8 Å². The highest BCUT2D eigenvalue weighted by atomic mass is 32.1. The Morgan fingerprint density at radius 3 is 3.12 bits per heavy atom. The van der Waals surface area contributed by atoms with Crippen LogP contribution in [0.25, 0.3) is 16.0 Å². The van der Waals surface area contributed by atoms with Crippen LogP contribution in [0.2, 0.25) is 0 Å². The van der Waals surface area contributed by atoms with Crippen LogP contribution in [0, 0.1) is 6.92 Å². The molecule has 1 N–H and O–H groups in total. The molecule has 1 unspecified atom stereocenters. The van der Waals surface area contributed by atoms with E-state index in [4.69, 9.17) is 9.72 Å². The maximum absolute atomic E-state index is 11.3. The molecule has 0 spiro atoms. The fourth-order valence-corrected chi connectivity index (χ4v) is 4.06. The van der Waals surface area contributed by atoms with E-state index in [9.17, 15) is 4.79 Å². The molecule has 0 saturated carbocycles. The van der Waals surface area contributed by atoms with E-state index < -0.39 is 0 Å². The van der Waals surface area contributed by atoms with E-state index in [0.717, 1.165) is 41.4 Å². The number of ether oxygens (including phenoxy) is 1. The molecule has 1 aliphatic heterocycles. The average molecular weight is 342 g/mol. The van der Waals surface area contributed by atoms with Gasteiger partial charge < -0.3 is 10.1 Å². The summed E-state index contributed by atoms with van der Waals surface area (Å²) in [5.74, 6) is 0.814. The van der Waals surface area contributed by atoms with Crippen LogP contribution in [0.15, 0.2) is 24.5 Å². The minimum atomic E-state index is -0.131. The van der Waals surface area contributed by atoms with Crippen molar-refractivity contribution in [3.8, 4) is 5.13 Å². The second-order valence-electron chi connectivity index (χ2n) is 5.99. The fourth-order valence-electron chi connectivity index (χ4n) is 3.07. The van der Waals surface area contributed by atoms with Gasteiger partial charge in [-0.15, -0.1) is 11.3 Å². The van der Waals surface area contributed by atoms with Gasteiger partial charge in [-0.1, -0.05) is 0 Å². The van der Waals surface area contributed by atoms with Crippen molar-refractivity contribution >= 4 is 34.0 Å². The zero-order valence-electron chi connectivity index (χ0n) is 13.6. The van der Waals surface area contributed by atoms with Crippen molar-refractivity contribution in [1.29, 1.82) is 0 Å². The maximum atomic E-state index is 11.3. The molecule has 1 aliphatic rings. The summed E-state index contributed by atoms with van der Waals surface area (Å²) in [5, 5.41) is 4.68. The lowest BCUT2D eigenvalue weighted by atomic mass is 10.0. The molecule has 4 heterocycles. The third kappa shape index (κ3) is 2.70. The van der Waals surface area contributed by atoms with E-state index in [0.29, 0.717) is 11.7 Å². The van der Waals surface area contributed by atoms with Crippen molar-refractivity contribution in [2.75, 3.05) is 18.5 Å². The van der Waals surface area contributed by atoms with E-state index in [2.05, 4.69) is 21.8 Å². The second kappa shape index (κ2) is 5.99. The summed E-state index contributed by atoms with van der Waals surface area (Å²) >= 11 is 1.68. The number of carbonyl (C=O) groups is 1. The minimum Gasteiger partial charge on any atom is -0.381 e.